The van der Waals surface area contributed by atoms with Crippen LogP contribution in [-0.4, -0.2) is 66.2 Å². The molecule has 0 saturated carbocycles. The van der Waals surface area contributed by atoms with E-state index in [1.807, 2.05) is 25.1 Å². The van der Waals surface area contributed by atoms with E-state index < -0.39 is 12.1 Å². The summed E-state index contributed by atoms with van der Waals surface area (Å²) in [5.41, 5.74) is 2.15. The Morgan fingerprint density at radius 3 is 2.31 bits per heavy atom. The number of rotatable bonds is 9. The van der Waals surface area contributed by atoms with Crippen molar-refractivity contribution < 1.29 is 14.6 Å². The van der Waals surface area contributed by atoms with Crippen LogP contribution in [0.3, 0.4) is 0 Å². The highest BCUT2D eigenvalue weighted by Crippen LogP contribution is 2.28. The molecule has 5 nitrogen and oxygen atoms in total. The third-order valence-electron chi connectivity index (χ3n) is 5.05. The molecule has 2 rings (SSSR count). The molecule has 146 valence electrons. The van der Waals surface area contributed by atoms with Crippen LogP contribution in [0.1, 0.15) is 50.7 Å². The minimum absolute atomic E-state index is 0.298. The summed E-state index contributed by atoms with van der Waals surface area (Å²) in [4.78, 5) is 16.6. The summed E-state index contributed by atoms with van der Waals surface area (Å²) in [6.07, 6.45) is 0.890. The SMILES string of the molecule is CCCN1CCN(CCC(Oc2cc(C)ccc2C(C)C)C(=O)O)CC1. The smallest absolute Gasteiger partial charge is 0.344 e. The molecular weight excluding hydrogens is 328 g/mol. The van der Waals surface area contributed by atoms with Gasteiger partial charge in [-0.15, -0.1) is 0 Å². The lowest BCUT2D eigenvalue weighted by Gasteiger charge is -2.35. The molecule has 0 aliphatic carbocycles. The van der Waals surface area contributed by atoms with Gasteiger partial charge in [0.05, 0.1) is 0 Å². The van der Waals surface area contributed by atoms with Crippen LogP contribution in [0.2, 0.25) is 0 Å². The summed E-state index contributed by atoms with van der Waals surface area (Å²) < 4.78 is 5.96. The van der Waals surface area contributed by atoms with Gasteiger partial charge in [-0.25, -0.2) is 4.79 Å². The fraction of sp³-hybridized carbons (Fsp3) is 0.667. The van der Waals surface area contributed by atoms with Gasteiger partial charge in [0.1, 0.15) is 5.75 Å². The lowest BCUT2D eigenvalue weighted by Crippen LogP contribution is -2.47. The maximum atomic E-state index is 11.7. The highest BCUT2D eigenvalue weighted by molar-refractivity contribution is 5.72. The summed E-state index contributed by atoms with van der Waals surface area (Å²) in [6, 6.07) is 6.05. The molecule has 1 aromatic carbocycles. The predicted octanol–water partition coefficient (Wildman–Crippen LogP) is 3.37. The number of hydrogen-bond acceptors (Lipinski definition) is 4. The predicted molar refractivity (Wildman–Crippen MR) is 105 cm³/mol. The maximum Gasteiger partial charge on any atom is 0.344 e. The monoisotopic (exact) mass is 362 g/mol. The Bertz CT molecular complexity index is 581. The largest absolute Gasteiger partial charge is 0.479 e. The van der Waals surface area contributed by atoms with Crippen LogP contribution >= 0.6 is 0 Å². The first kappa shape index (κ1) is 20.7. The van der Waals surface area contributed by atoms with Gasteiger partial charge in [0.2, 0.25) is 0 Å². The van der Waals surface area contributed by atoms with Gasteiger partial charge in [0, 0.05) is 39.1 Å². The molecule has 1 heterocycles. The van der Waals surface area contributed by atoms with E-state index >= 15 is 0 Å². The highest BCUT2D eigenvalue weighted by Gasteiger charge is 2.24. The number of piperazine rings is 1. The second-order valence-corrected chi connectivity index (χ2v) is 7.61. The zero-order chi connectivity index (χ0) is 19.1. The van der Waals surface area contributed by atoms with Crippen LogP contribution in [-0.2, 0) is 4.79 Å². The Hall–Kier alpha value is -1.59. The molecule has 1 unspecified atom stereocenters. The quantitative estimate of drug-likeness (QED) is 0.730. The van der Waals surface area contributed by atoms with Crippen LogP contribution in [0.5, 0.6) is 5.75 Å². The van der Waals surface area contributed by atoms with Crippen molar-refractivity contribution in [3.05, 3.63) is 29.3 Å². The molecule has 1 N–H and O–H groups in total. The van der Waals surface area contributed by atoms with Gasteiger partial charge in [-0.2, -0.15) is 0 Å². The Balaban J connectivity index is 1.94. The molecule has 0 aromatic heterocycles. The molecule has 0 bridgehead atoms. The summed E-state index contributed by atoms with van der Waals surface area (Å²) in [6.45, 7) is 14.5. The number of carbonyl (C=O) groups is 1. The molecule has 5 heteroatoms. The van der Waals surface area contributed by atoms with Gasteiger partial charge < -0.3 is 19.6 Å². The summed E-state index contributed by atoms with van der Waals surface area (Å²) in [7, 11) is 0. The molecule has 0 amide bonds. The Labute approximate surface area is 157 Å². The van der Waals surface area contributed by atoms with Crippen LogP contribution in [0.25, 0.3) is 0 Å². The van der Waals surface area contributed by atoms with E-state index in [1.54, 1.807) is 0 Å². The Morgan fingerprint density at radius 1 is 1.15 bits per heavy atom. The van der Waals surface area contributed by atoms with E-state index in [0.717, 1.165) is 50.4 Å². The van der Waals surface area contributed by atoms with E-state index in [4.69, 9.17) is 4.74 Å². The molecule has 1 atom stereocenters. The zero-order valence-corrected chi connectivity index (χ0v) is 16.7. The van der Waals surface area contributed by atoms with Crippen molar-refractivity contribution in [3.8, 4) is 5.75 Å². The molecule has 0 radical (unpaired) electrons. The fourth-order valence-corrected chi connectivity index (χ4v) is 3.46. The average Bonchev–Trinajstić information content (AvgIpc) is 2.59. The van der Waals surface area contributed by atoms with Crippen molar-refractivity contribution >= 4 is 5.97 Å². The molecular formula is C21H34N2O3. The number of ether oxygens (including phenoxy) is 1. The van der Waals surface area contributed by atoms with Crippen LogP contribution in [0.4, 0.5) is 0 Å². The minimum atomic E-state index is -0.883. The van der Waals surface area contributed by atoms with Gasteiger partial charge in [-0.1, -0.05) is 32.9 Å². The second kappa shape index (κ2) is 9.93. The van der Waals surface area contributed by atoms with Crippen LogP contribution < -0.4 is 4.74 Å². The van der Waals surface area contributed by atoms with Gasteiger partial charge >= 0.3 is 5.97 Å². The van der Waals surface area contributed by atoms with E-state index in [0.29, 0.717) is 18.1 Å². The van der Waals surface area contributed by atoms with E-state index in [9.17, 15) is 9.90 Å². The van der Waals surface area contributed by atoms with E-state index in [2.05, 4.69) is 30.6 Å². The number of aryl methyl sites for hydroxylation is 1. The molecule has 1 saturated heterocycles. The number of nitrogens with zero attached hydrogens (tertiary/aromatic N) is 2. The van der Waals surface area contributed by atoms with Crippen LogP contribution in [0.15, 0.2) is 18.2 Å². The van der Waals surface area contributed by atoms with Gasteiger partial charge in [0.25, 0.3) is 0 Å². The molecule has 1 aliphatic heterocycles. The van der Waals surface area contributed by atoms with Crippen molar-refractivity contribution in [2.24, 2.45) is 0 Å². The summed E-state index contributed by atoms with van der Waals surface area (Å²) >= 11 is 0. The van der Waals surface area contributed by atoms with Crippen molar-refractivity contribution in [2.75, 3.05) is 39.3 Å². The molecule has 1 fully saturated rings. The fourth-order valence-electron chi connectivity index (χ4n) is 3.46. The number of carboxylic acid groups (broad SMARTS) is 1. The first-order valence-corrected chi connectivity index (χ1v) is 9.85. The Kier molecular flexibility index (Phi) is 7.91. The third kappa shape index (κ3) is 5.99. The van der Waals surface area contributed by atoms with Crippen molar-refractivity contribution in [3.63, 3.8) is 0 Å². The van der Waals surface area contributed by atoms with Gasteiger partial charge in [-0.3, -0.25) is 0 Å². The lowest BCUT2D eigenvalue weighted by molar-refractivity contribution is -0.145. The number of carboxylic acids is 1. The molecule has 1 aliphatic rings. The molecule has 0 spiro atoms. The number of benzene rings is 1. The number of hydrogen-bond donors (Lipinski definition) is 1. The first-order valence-electron chi connectivity index (χ1n) is 9.85. The maximum absolute atomic E-state index is 11.7. The summed E-state index contributed by atoms with van der Waals surface area (Å²) in [5.74, 6) is 0.123. The third-order valence-corrected chi connectivity index (χ3v) is 5.05. The molecule has 26 heavy (non-hydrogen) atoms. The average molecular weight is 363 g/mol. The van der Waals surface area contributed by atoms with Gasteiger partial charge in [0.15, 0.2) is 6.10 Å². The van der Waals surface area contributed by atoms with Crippen molar-refractivity contribution in [2.45, 2.75) is 52.6 Å². The van der Waals surface area contributed by atoms with Gasteiger partial charge in [-0.05, 0) is 43.0 Å². The topological polar surface area (TPSA) is 53.0 Å². The lowest BCUT2D eigenvalue weighted by atomic mass is 10.0. The van der Waals surface area contributed by atoms with E-state index in [-0.39, 0.29) is 0 Å². The minimum Gasteiger partial charge on any atom is -0.479 e. The zero-order valence-electron chi connectivity index (χ0n) is 16.7. The number of aliphatic carboxylic acids is 1. The van der Waals surface area contributed by atoms with E-state index in [1.165, 1.54) is 6.42 Å². The normalized spacial score (nSPS) is 17.4. The first-order chi connectivity index (χ1) is 12.4. The summed E-state index contributed by atoms with van der Waals surface area (Å²) in [5, 5.41) is 9.62. The van der Waals surface area contributed by atoms with Crippen LogP contribution in [0, 0.1) is 6.92 Å². The Morgan fingerprint density at radius 2 is 1.77 bits per heavy atom. The second-order valence-electron chi connectivity index (χ2n) is 7.61. The molecule has 1 aromatic rings. The standard InChI is InChI=1S/C21H34N2O3/c1-5-9-22-11-13-23(14-12-22)10-8-19(21(24)25)26-20-15-17(4)6-7-18(20)16(2)3/h6-7,15-16,19H,5,8-14H2,1-4H3,(H,24,25). The highest BCUT2D eigenvalue weighted by atomic mass is 16.5. The van der Waals surface area contributed by atoms with Crippen molar-refractivity contribution in [1.29, 1.82) is 0 Å². The van der Waals surface area contributed by atoms with Crippen molar-refractivity contribution in [1.82, 2.24) is 9.80 Å².